The van der Waals surface area contributed by atoms with Crippen LogP contribution in [0.15, 0.2) is 40.8 Å². The molecule has 2 N–H and O–H groups in total. The third-order valence-electron chi connectivity index (χ3n) is 2.91. The summed E-state index contributed by atoms with van der Waals surface area (Å²) in [4.78, 5) is 24.4. The zero-order valence-electron chi connectivity index (χ0n) is 12.6. The number of benzene rings is 1. The SMILES string of the molecule is CC(C)=NNC(=O)c1ccsc1NC(=O)c1ccccc1C. The molecule has 2 aromatic rings. The van der Waals surface area contributed by atoms with Gasteiger partial charge in [-0.25, -0.2) is 5.43 Å². The highest BCUT2D eigenvalue weighted by atomic mass is 32.1. The molecule has 22 heavy (non-hydrogen) atoms. The van der Waals surface area contributed by atoms with E-state index in [1.54, 1.807) is 31.4 Å². The molecular weight excluding hydrogens is 298 g/mol. The Morgan fingerprint density at radius 1 is 1.05 bits per heavy atom. The highest BCUT2D eigenvalue weighted by molar-refractivity contribution is 7.14. The van der Waals surface area contributed by atoms with Crippen LogP contribution in [0.4, 0.5) is 5.00 Å². The van der Waals surface area contributed by atoms with E-state index in [0.717, 1.165) is 11.3 Å². The highest BCUT2D eigenvalue weighted by Crippen LogP contribution is 2.24. The maximum atomic E-state index is 12.3. The lowest BCUT2D eigenvalue weighted by Gasteiger charge is -2.07. The van der Waals surface area contributed by atoms with Crippen LogP contribution in [0.1, 0.15) is 40.1 Å². The van der Waals surface area contributed by atoms with Crippen molar-refractivity contribution >= 4 is 33.9 Å². The summed E-state index contributed by atoms with van der Waals surface area (Å²) in [5.74, 6) is -0.577. The van der Waals surface area contributed by atoms with Crippen molar-refractivity contribution in [2.45, 2.75) is 20.8 Å². The van der Waals surface area contributed by atoms with Gasteiger partial charge in [0, 0.05) is 11.3 Å². The fourth-order valence-corrected chi connectivity index (χ4v) is 2.59. The standard InChI is InChI=1S/C16H17N3O2S/c1-10(2)18-19-15(21)13-8-9-22-16(13)17-14(20)12-7-5-4-6-11(12)3/h4-9H,1-3H3,(H,17,20)(H,19,21). The zero-order valence-corrected chi connectivity index (χ0v) is 13.5. The van der Waals surface area contributed by atoms with Gasteiger partial charge in [0.15, 0.2) is 0 Å². The van der Waals surface area contributed by atoms with E-state index in [4.69, 9.17) is 0 Å². The normalized spacial score (nSPS) is 9.95. The Morgan fingerprint density at radius 2 is 1.77 bits per heavy atom. The van der Waals surface area contributed by atoms with Gasteiger partial charge in [0.05, 0.1) is 5.56 Å². The molecule has 2 rings (SSSR count). The number of carbonyl (C=O) groups is 2. The first-order chi connectivity index (χ1) is 10.5. The summed E-state index contributed by atoms with van der Waals surface area (Å²) in [6.45, 7) is 5.44. The Balaban J connectivity index is 2.16. The van der Waals surface area contributed by atoms with Crippen LogP contribution in [0, 0.1) is 6.92 Å². The number of hydrogen-bond acceptors (Lipinski definition) is 4. The lowest BCUT2D eigenvalue weighted by Crippen LogP contribution is -2.20. The molecule has 1 heterocycles. The molecule has 0 aliphatic carbocycles. The van der Waals surface area contributed by atoms with Crippen LogP contribution in [-0.2, 0) is 0 Å². The number of carbonyl (C=O) groups excluding carboxylic acids is 2. The third kappa shape index (κ3) is 3.79. The Hall–Kier alpha value is -2.47. The Kier molecular flexibility index (Phi) is 5.06. The number of amides is 2. The van der Waals surface area contributed by atoms with E-state index in [1.165, 1.54) is 11.3 Å². The first kappa shape index (κ1) is 15.9. The number of thiophene rings is 1. The summed E-state index contributed by atoms with van der Waals surface area (Å²) in [7, 11) is 0. The molecular formula is C16H17N3O2S. The van der Waals surface area contributed by atoms with E-state index in [2.05, 4.69) is 15.8 Å². The van der Waals surface area contributed by atoms with Gasteiger partial charge in [-0.3, -0.25) is 9.59 Å². The fourth-order valence-electron chi connectivity index (χ4n) is 1.81. The molecule has 6 heteroatoms. The summed E-state index contributed by atoms with van der Waals surface area (Å²) in [5.41, 5.74) is 5.07. The molecule has 0 saturated carbocycles. The minimum Gasteiger partial charge on any atom is -0.313 e. The van der Waals surface area contributed by atoms with Crippen LogP contribution in [0.25, 0.3) is 0 Å². The minimum absolute atomic E-state index is 0.232. The molecule has 0 saturated heterocycles. The Morgan fingerprint density at radius 3 is 2.45 bits per heavy atom. The second-order valence-corrected chi connectivity index (χ2v) is 5.85. The van der Waals surface area contributed by atoms with Crippen molar-refractivity contribution in [2.75, 3.05) is 5.32 Å². The van der Waals surface area contributed by atoms with Gasteiger partial charge in [-0.15, -0.1) is 11.3 Å². The maximum absolute atomic E-state index is 12.3. The molecule has 0 radical (unpaired) electrons. The van der Waals surface area contributed by atoms with Crippen LogP contribution in [0.2, 0.25) is 0 Å². The minimum atomic E-state index is -0.345. The van der Waals surface area contributed by atoms with Gasteiger partial charge in [0.25, 0.3) is 11.8 Å². The second kappa shape index (κ2) is 7.00. The van der Waals surface area contributed by atoms with Crippen molar-refractivity contribution in [3.63, 3.8) is 0 Å². The van der Waals surface area contributed by atoms with Gasteiger partial charge in [-0.1, -0.05) is 18.2 Å². The van der Waals surface area contributed by atoms with Gasteiger partial charge >= 0.3 is 0 Å². The number of hydrazone groups is 1. The van der Waals surface area contributed by atoms with E-state index in [0.29, 0.717) is 16.1 Å². The highest BCUT2D eigenvalue weighted by Gasteiger charge is 2.16. The van der Waals surface area contributed by atoms with Crippen molar-refractivity contribution in [3.8, 4) is 0 Å². The number of rotatable bonds is 4. The van der Waals surface area contributed by atoms with Gasteiger partial charge in [-0.2, -0.15) is 5.10 Å². The molecule has 114 valence electrons. The Bertz CT molecular complexity index is 730. The van der Waals surface area contributed by atoms with Crippen molar-refractivity contribution in [2.24, 2.45) is 5.10 Å². The maximum Gasteiger partial charge on any atom is 0.274 e. The Labute approximate surface area is 133 Å². The molecule has 0 aliphatic rings. The molecule has 0 atom stereocenters. The molecule has 0 fully saturated rings. The van der Waals surface area contributed by atoms with E-state index in [-0.39, 0.29) is 11.8 Å². The van der Waals surface area contributed by atoms with Gasteiger partial charge in [0.1, 0.15) is 5.00 Å². The summed E-state index contributed by atoms with van der Waals surface area (Å²) < 4.78 is 0. The van der Waals surface area contributed by atoms with E-state index in [1.807, 2.05) is 25.1 Å². The average molecular weight is 315 g/mol. The molecule has 2 amide bonds. The predicted molar refractivity (Wildman–Crippen MR) is 89.7 cm³/mol. The first-order valence-corrected chi connectivity index (χ1v) is 7.62. The van der Waals surface area contributed by atoms with Crippen LogP contribution in [-0.4, -0.2) is 17.5 Å². The van der Waals surface area contributed by atoms with E-state index >= 15 is 0 Å². The van der Waals surface area contributed by atoms with Crippen molar-refractivity contribution in [1.82, 2.24) is 5.43 Å². The average Bonchev–Trinajstić information content (AvgIpc) is 2.93. The number of aryl methyl sites for hydroxylation is 1. The van der Waals surface area contributed by atoms with Crippen LogP contribution in [0.3, 0.4) is 0 Å². The van der Waals surface area contributed by atoms with Crippen molar-refractivity contribution in [1.29, 1.82) is 0 Å². The van der Waals surface area contributed by atoms with Crippen molar-refractivity contribution in [3.05, 3.63) is 52.4 Å². The van der Waals surface area contributed by atoms with Crippen LogP contribution < -0.4 is 10.7 Å². The lowest BCUT2D eigenvalue weighted by atomic mass is 10.1. The van der Waals surface area contributed by atoms with E-state index in [9.17, 15) is 9.59 Å². The quantitative estimate of drug-likeness (QED) is 0.670. The largest absolute Gasteiger partial charge is 0.313 e. The third-order valence-corrected chi connectivity index (χ3v) is 3.74. The summed E-state index contributed by atoms with van der Waals surface area (Å²) in [6, 6.07) is 8.97. The summed E-state index contributed by atoms with van der Waals surface area (Å²) >= 11 is 1.30. The molecule has 0 bridgehead atoms. The van der Waals surface area contributed by atoms with Crippen molar-refractivity contribution < 1.29 is 9.59 Å². The molecule has 1 aromatic carbocycles. The van der Waals surface area contributed by atoms with Gasteiger partial charge < -0.3 is 5.32 Å². The van der Waals surface area contributed by atoms with E-state index < -0.39 is 0 Å². The van der Waals surface area contributed by atoms with Crippen LogP contribution >= 0.6 is 11.3 Å². The van der Waals surface area contributed by atoms with Gasteiger partial charge in [-0.05, 0) is 43.8 Å². The number of nitrogens with zero attached hydrogens (tertiary/aromatic N) is 1. The number of hydrogen-bond donors (Lipinski definition) is 2. The molecule has 0 spiro atoms. The summed E-state index contributed by atoms with van der Waals surface area (Å²) in [5, 5.41) is 8.93. The number of nitrogens with one attached hydrogen (secondary N) is 2. The molecule has 0 unspecified atom stereocenters. The molecule has 5 nitrogen and oxygen atoms in total. The van der Waals surface area contributed by atoms with Gasteiger partial charge in [0.2, 0.25) is 0 Å². The molecule has 1 aromatic heterocycles. The number of anilines is 1. The fraction of sp³-hybridized carbons (Fsp3) is 0.188. The predicted octanol–water partition coefficient (Wildman–Crippen LogP) is 3.43. The van der Waals surface area contributed by atoms with Crippen LogP contribution in [0.5, 0.6) is 0 Å². The lowest BCUT2D eigenvalue weighted by molar-refractivity contribution is 0.0956. The zero-order chi connectivity index (χ0) is 16.1. The smallest absolute Gasteiger partial charge is 0.274 e. The molecule has 0 aliphatic heterocycles. The topological polar surface area (TPSA) is 70.6 Å². The summed E-state index contributed by atoms with van der Waals surface area (Å²) in [6.07, 6.45) is 0. The first-order valence-electron chi connectivity index (χ1n) is 6.74. The second-order valence-electron chi connectivity index (χ2n) is 4.93. The monoisotopic (exact) mass is 315 g/mol.